The zero-order chi connectivity index (χ0) is 24.9. The summed E-state index contributed by atoms with van der Waals surface area (Å²) in [7, 11) is 0. The van der Waals surface area contributed by atoms with E-state index >= 15 is 0 Å². The van der Waals surface area contributed by atoms with Gasteiger partial charge in [-0.05, 0) is 66.7 Å². The van der Waals surface area contributed by atoms with Crippen molar-refractivity contribution in [3.05, 3.63) is 99.2 Å². The smallest absolute Gasteiger partial charge is 0.335 e. The van der Waals surface area contributed by atoms with Gasteiger partial charge in [0.25, 0.3) is 5.91 Å². The number of amides is 1. The minimum Gasteiger partial charge on any atom is -0.487 e. The topological polar surface area (TPSA) is 79.2 Å². The van der Waals surface area contributed by atoms with Crippen LogP contribution in [0.1, 0.15) is 28.4 Å². The van der Waals surface area contributed by atoms with Gasteiger partial charge in [0.2, 0.25) is 0 Å². The van der Waals surface area contributed by atoms with E-state index in [1.165, 1.54) is 34.9 Å². The van der Waals surface area contributed by atoms with E-state index in [0.717, 1.165) is 0 Å². The number of amidine groups is 1. The molecule has 0 bridgehead atoms. The molecule has 0 unspecified atom stereocenters. The highest BCUT2D eigenvalue weighted by atomic mass is 35.5. The molecule has 1 aliphatic heterocycles. The van der Waals surface area contributed by atoms with Gasteiger partial charge in [0.1, 0.15) is 18.2 Å². The number of rotatable bonds is 7. The number of hydrogen-bond acceptors (Lipinski definition) is 5. The maximum absolute atomic E-state index is 13.8. The van der Waals surface area contributed by atoms with Crippen LogP contribution < -0.4 is 4.74 Å². The average molecular weight is 511 g/mol. The first-order chi connectivity index (χ1) is 16.9. The van der Waals surface area contributed by atoms with Crippen LogP contribution >= 0.6 is 23.4 Å². The third-order valence-electron chi connectivity index (χ3n) is 5.12. The van der Waals surface area contributed by atoms with Crippen molar-refractivity contribution in [3.63, 3.8) is 0 Å². The molecule has 35 heavy (non-hydrogen) atoms. The van der Waals surface area contributed by atoms with E-state index in [-0.39, 0.29) is 23.9 Å². The minimum atomic E-state index is -1.05. The predicted molar refractivity (Wildman–Crippen MR) is 136 cm³/mol. The molecule has 6 nitrogen and oxygen atoms in total. The lowest BCUT2D eigenvalue weighted by Crippen LogP contribution is -2.28. The summed E-state index contributed by atoms with van der Waals surface area (Å²) < 4.78 is 19.5. The molecule has 1 saturated heterocycles. The molecule has 0 aromatic heterocycles. The first-order valence-electron chi connectivity index (χ1n) is 10.6. The Morgan fingerprint density at radius 3 is 2.69 bits per heavy atom. The van der Waals surface area contributed by atoms with Gasteiger partial charge in [0, 0.05) is 12.1 Å². The van der Waals surface area contributed by atoms with Crippen LogP contribution in [0.25, 0.3) is 6.08 Å². The molecule has 0 spiro atoms. The largest absolute Gasteiger partial charge is 0.487 e. The number of benzene rings is 3. The lowest BCUT2D eigenvalue weighted by atomic mass is 10.2. The Morgan fingerprint density at radius 2 is 1.97 bits per heavy atom. The highest BCUT2D eigenvalue weighted by Gasteiger charge is 2.32. The molecule has 1 heterocycles. The molecule has 0 saturated carbocycles. The molecule has 178 valence electrons. The van der Waals surface area contributed by atoms with Gasteiger partial charge in [-0.15, -0.1) is 0 Å². The van der Waals surface area contributed by atoms with Gasteiger partial charge in [0.15, 0.2) is 5.17 Å². The number of ether oxygens (including phenoxy) is 1. The van der Waals surface area contributed by atoms with E-state index in [2.05, 4.69) is 4.99 Å². The Morgan fingerprint density at radius 1 is 1.17 bits per heavy atom. The van der Waals surface area contributed by atoms with E-state index in [0.29, 0.717) is 44.2 Å². The first kappa shape index (κ1) is 24.5. The summed E-state index contributed by atoms with van der Waals surface area (Å²) in [5.74, 6) is -1.21. The molecular weight excluding hydrogens is 491 g/mol. The van der Waals surface area contributed by atoms with Gasteiger partial charge < -0.3 is 9.84 Å². The summed E-state index contributed by atoms with van der Waals surface area (Å²) in [6, 6.07) is 17.7. The van der Waals surface area contributed by atoms with Crippen molar-refractivity contribution >= 4 is 52.2 Å². The second-order valence-corrected chi connectivity index (χ2v) is 8.90. The van der Waals surface area contributed by atoms with E-state index in [1.54, 1.807) is 54.6 Å². The van der Waals surface area contributed by atoms with Gasteiger partial charge in [-0.1, -0.05) is 41.9 Å². The summed E-state index contributed by atoms with van der Waals surface area (Å²) in [5, 5.41) is 9.99. The van der Waals surface area contributed by atoms with Crippen molar-refractivity contribution in [3.8, 4) is 5.75 Å². The van der Waals surface area contributed by atoms with Crippen molar-refractivity contribution in [2.75, 3.05) is 6.54 Å². The minimum absolute atomic E-state index is 0.0372. The molecule has 3 aromatic rings. The van der Waals surface area contributed by atoms with E-state index in [9.17, 15) is 19.1 Å². The molecule has 1 amide bonds. The monoisotopic (exact) mass is 510 g/mol. The van der Waals surface area contributed by atoms with Crippen LogP contribution in [0.3, 0.4) is 0 Å². The van der Waals surface area contributed by atoms with Crippen LogP contribution in [0, 0.1) is 5.82 Å². The van der Waals surface area contributed by atoms with E-state index in [4.69, 9.17) is 16.3 Å². The van der Waals surface area contributed by atoms with Crippen LogP contribution in [0.15, 0.2) is 76.6 Å². The highest BCUT2D eigenvalue weighted by Crippen LogP contribution is 2.35. The fourth-order valence-corrected chi connectivity index (χ4v) is 4.64. The van der Waals surface area contributed by atoms with Gasteiger partial charge in [-0.25, -0.2) is 14.2 Å². The van der Waals surface area contributed by atoms with Gasteiger partial charge >= 0.3 is 5.97 Å². The Hall–Kier alpha value is -3.62. The number of halogens is 2. The Labute approximate surface area is 210 Å². The Balaban J connectivity index is 1.53. The SMILES string of the molecule is CCN1C(=O)/C(=C/c2ccc(OCc3ccccc3F)c(Cl)c2)SC1=Nc1cccc(C(=O)O)c1. The van der Waals surface area contributed by atoms with Crippen molar-refractivity contribution in [1.82, 2.24) is 4.90 Å². The zero-order valence-corrected chi connectivity index (χ0v) is 20.1. The summed E-state index contributed by atoms with van der Waals surface area (Å²) in [5.41, 5.74) is 1.67. The molecule has 1 aliphatic rings. The zero-order valence-electron chi connectivity index (χ0n) is 18.6. The van der Waals surface area contributed by atoms with Crippen molar-refractivity contribution in [2.24, 2.45) is 4.99 Å². The Kier molecular flexibility index (Phi) is 7.53. The first-order valence-corrected chi connectivity index (χ1v) is 11.8. The third kappa shape index (κ3) is 5.72. The van der Waals surface area contributed by atoms with E-state index < -0.39 is 5.97 Å². The highest BCUT2D eigenvalue weighted by molar-refractivity contribution is 8.18. The number of nitrogens with zero attached hydrogens (tertiary/aromatic N) is 2. The predicted octanol–water partition coefficient (Wildman–Crippen LogP) is 6.38. The lowest BCUT2D eigenvalue weighted by Gasteiger charge is -2.12. The van der Waals surface area contributed by atoms with Crippen molar-refractivity contribution < 1.29 is 23.8 Å². The van der Waals surface area contributed by atoms with Crippen LogP contribution in [0.4, 0.5) is 10.1 Å². The maximum atomic E-state index is 13.8. The standard InChI is InChI=1S/C26H20ClFN2O4S/c1-2-30-24(31)23(35-26(30)29-19-8-5-7-17(14-19)25(32)33)13-16-10-11-22(20(27)12-16)34-15-18-6-3-4-9-21(18)28/h3-14H,2,15H2,1H3,(H,32,33)/b23-13-,29-26?. The second kappa shape index (κ2) is 10.8. The summed E-state index contributed by atoms with van der Waals surface area (Å²) in [6.07, 6.45) is 1.71. The molecule has 0 aliphatic carbocycles. The van der Waals surface area contributed by atoms with Crippen LogP contribution in [0.5, 0.6) is 5.75 Å². The number of carbonyl (C=O) groups is 2. The van der Waals surface area contributed by atoms with Crippen molar-refractivity contribution in [1.29, 1.82) is 0 Å². The number of aromatic carboxylic acids is 1. The average Bonchev–Trinajstić information content (AvgIpc) is 3.13. The van der Waals surface area contributed by atoms with Gasteiger partial charge in [-0.3, -0.25) is 9.69 Å². The molecule has 4 rings (SSSR count). The molecule has 0 radical (unpaired) electrons. The normalized spacial score (nSPS) is 15.7. The summed E-state index contributed by atoms with van der Waals surface area (Å²) >= 11 is 7.57. The lowest BCUT2D eigenvalue weighted by molar-refractivity contribution is -0.122. The number of aliphatic imine (C=N–C) groups is 1. The van der Waals surface area contributed by atoms with Crippen LogP contribution in [0.2, 0.25) is 5.02 Å². The van der Waals surface area contributed by atoms with Crippen LogP contribution in [-0.4, -0.2) is 33.6 Å². The molecular formula is C26H20ClFN2O4S. The maximum Gasteiger partial charge on any atom is 0.335 e. The quantitative estimate of drug-likeness (QED) is 0.373. The fourth-order valence-electron chi connectivity index (χ4n) is 3.34. The number of likely N-dealkylation sites (N-methyl/N-ethyl adjacent to an activating group) is 1. The number of carboxylic acids is 1. The number of thioether (sulfide) groups is 1. The summed E-state index contributed by atoms with van der Waals surface area (Å²) in [4.78, 5) is 30.6. The van der Waals surface area contributed by atoms with Gasteiger partial charge in [-0.2, -0.15) is 0 Å². The van der Waals surface area contributed by atoms with Crippen molar-refractivity contribution in [2.45, 2.75) is 13.5 Å². The Bertz CT molecular complexity index is 1360. The molecule has 3 aromatic carbocycles. The molecule has 1 N–H and O–H groups in total. The molecule has 9 heteroatoms. The fraction of sp³-hybridized carbons (Fsp3) is 0.115. The van der Waals surface area contributed by atoms with E-state index in [1.807, 2.05) is 6.92 Å². The third-order valence-corrected chi connectivity index (χ3v) is 6.42. The number of carboxylic acid groups (broad SMARTS) is 1. The molecule has 1 fully saturated rings. The van der Waals surface area contributed by atoms with Gasteiger partial charge in [0.05, 0.1) is 21.2 Å². The number of hydrogen-bond donors (Lipinski definition) is 1. The summed E-state index contributed by atoms with van der Waals surface area (Å²) in [6.45, 7) is 2.28. The second-order valence-electron chi connectivity index (χ2n) is 7.48. The molecule has 0 atom stereocenters. The van der Waals surface area contributed by atoms with Crippen LogP contribution in [-0.2, 0) is 11.4 Å². The number of carbonyl (C=O) groups excluding carboxylic acids is 1.